The van der Waals surface area contributed by atoms with Gasteiger partial charge in [0.1, 0.15) is 13.2 Å². The normalized spacial score (nSPS) is 18.5. The molecule has 0 aliphatic carbocycles. The van der Waals surface area contributed by atoms with Gasteiger partial charge in [0.25, 0.3) is 0 Å². The summed E-state index contributed by atoms with van der Waals surface area (Å²) in [6.07, 6.45) is 1.65. The number of nitrogens with one attached hydrogen (secondary N) is 2. The van der Waals surface area contributed by atoms with Gasteiger partial charge >= 0.3 is 0 Å². The molecule has 0 spiro atoms. The number of piperidine rings is 1. The molecule has 1 saturated heterocycles. The van der Waals surface area contributed by atoms with E-state index in [9.17, 15) is 13.2 Å². The number of sulfone groups is 1. The SMILES string of the molecule is CS(=O)(=O)C1(C(=O)NCc2cc(Cl)c3c(c2)OCCO3)CCNCC1.Cl. The average molecular weight is 425 g/mol. The minimum Gasteiger partial charge on any atom is -0.486 e. The summed E-state index contributed by atoms with van der Waals surface area (Å²) in [6, 6.07) is 3.43. The molecule has 1 aromatic rings. The Hall–Kier alpha value is -1.22. The molecule has 146 valence electrons. The summed E-state index contributed by atoms with van der Waals surface area (Å²) in [5.41, 5.74) is 0.722. The number of hydrogen-bond donors (Lipinski definition) is 2. The van der Waals surface area contributed by atoms with E-state index in [1.54, 1.807) is 12.1 Å². The smallest absolute Gasteiger partial charge is 0.241 e. The van der Waals surface area contributed by atoms with Crippen molar-refractivity contribution in [3.8, 4) is 11.5 Å². The molecule has 10 heteroatoms. The van der Waals surface area contributed by atoms with Crippen molar-refractivity contribution >= 4 is 39.8 Å². The molecule has 3 rings (SSSR count). The Labute approximate surface area is 164 Å². The highest BCUT2D eigenvalue weighted by Crippen LogP contribution is 2.38. The lowest BCUT2D eigenvalue weighted by molar-refractivity contribution is -0.124. The fraction of sp³-hybridized carbons (Fsp3) is 0.562. The summed E-state index contributed by atoms with van der Waals surface area (Å²) in [5, 5.41) is 6.24. The second kappa shape index (κ2) is 8.21. The topological polar surface area (TPSA) is 93.7 Å². The Bertz CT molecular complexity index is 779. The van der Waals surface area contributed by atoms with E-state index in [1.807, 2.05) is 0 Å². The lowest BCUT2D eigenvalue weighted by Gasteiger charge is -2.34. The molecule has 2 N–H and O–H groups in total. The Morgan fingerprint density at radius 1 is 1.27 bits per heavy atom. The van der Waals surface area contributed by atoms with Crippen molar-refractivity contribution in [2.24, 2.45) is 0 Å². The van der Waals surface area contributed by atoms with Crippen molar-refractivity contribution in [3.05, 3.63) is 22.7 Å². The first-order valence-corrected chi connectivity index (χ1v) is 10.4. The highest BCUT2D eigenvalue weighted by molar-refractivity contribution is 7.92. The molecule has 0 bridgehead atoms. The lowest BCUT2D eigenvalue weighted by atomic mass is 9.95. The molecule has 0 saturated carbocycles. The molecule has 7 nitrogen and oxygen atoms in total. The van der Waals surface area contributed by atoms with Crippen LogP contribution < -0.4 is 20.1 Å². The van der Waals surface area contributed by atoms with Crippen molar-refractivity contribution in [3.63, 3.8) is 0 Å². The highest BCUT2D eigenvalue weighted by atomic mass is 35.5. The number of rotatable bonds is 4. The van der Waals surface area contributed by atoms with Gasteiger partial charge in [-0.2, -0.15) is 0 Å². The van der Waals surface area contributed by atoms with Crippen LogP contribution in [-0.4, -0.2) is 51.6 Å². The first-order valence-electron chi connectivity index (χ1n) is 8.10. The summed E-state index contributed by atoms with van der Waals surface area (Å²) in [4.78, 5) is 12.7. The van der Waals surface area contributed by atoms with Crippen molar-refractivity contribution in [2.75, 3.05) is 32.6 Å². The molecule has 1 amide bonds. The van der Waals surface area contributed by atoms with Crippen molar-refractivity contribution in [2.45, 2.75) is 24.1 Å². The summed E-state index contributed by atoms with van der Waals surface area (Å²) in [5.74, 6) is 0.555. The van der Waals surface area contributed by atoms with Crippen LogP contribution in [-0.2, 0) is 21.2 Å². The zero-order chi connectivity index (χ0) is 18.1. The number of amides is 1. The average Bonchev–Trinajstić information content (AvgIpc) is 2.59. The molecule has 1 aromatic carbocycles. The molecule has 26 heavy (non-hydrogen) atoms. The molecule has 2 aliphatic rings. The van der Waals surface area contributed by atoms with Crippen LogP contribution in [0.4, 0.5) is 0 Å². The third-order valence-corrected chi connectivity index (χ3v) is 6.94. The van der Waals surface area contributed by atoms with Crippen molar-refractivity contribution in [1.82, 2.24) is 10.6 Å². The van der Waals surface area contributed by atoms with Gasteiger partial charge < -0.3 is 20.1 Å². The Morgan fingerprint density at radius 2 is 1.92 bits per heavy atom. The second-order valence-electron chi connectivity index (χ2n) is 6.30. The van der Waals surface area contributed by atoms with E-state index in [4.69, 9.17) is 21.1 Å². The third-order valence-electron chi connectivity index (χ3n) is 4.64. The van der Waals surface area contributed by atoms with Gasteiger partial charge in [-0.3, -0.25) is 4.79 Å². The fourth-order valence-electron chi connectivity index (χ4n) is 3.21. The van der Waals surface area contributed by atoms with Gasteiger partial charge in [-0.1, -0.05) is 11.6 Å². The van der Waals surface area contributed by atoms with Gasteiger partial charge in [-0.05, 0) is 43.6 Å². The van der Waals surface area contributed by atoms with E-state index < -0.39 is 20.5 Å². The lowest BCUT2D eigenvalue weighted by Crippen LogP contribution is -2.57. The molecular formula is C16H22Cl2N2O5S. The van der Waals surface area contributed by atoms with E-state index in [0.717, 1.165) is 11.8 Å². The Balaban J connectivity index is 0.00000243. The fourth-order valence-corrected chi connectivity index (χ4v) is 4.85. The maximum atomic E-state index is 12.7. The van der Waals surface area contributed by atoms with Crippen LogP contribution in [0, 0.1) is 0 Å². The number of fused-ring (bicyclic) bond motifs is 1. The Kier molecular flexibility index (Phi) is 6.65. The van der Waals surface area contributed by atoms with E-state index in [1.165, 1.54) is 0 Å². The molecule has 0 unspecified atom stereocenters. The zero-order valence-corrected chi connectivity index (χ0v) is 16.7. The summed E-state index contributed by atoms with van der Waals surface area (Å²) < 4.78 is 34.1. The maximum absolute atomic E-state index is 12.7. The second-order valence-corrected chi connectivity index (χ2v) is 9.03. The summed E-state index contributed by atoms with van der Waals surface area (Å²) in [6.45, 7) is 2.03. The predicted octanol–water partition coefficient (Wildman–Crippen LogP) is 1.32. The van der Waals surface area contributed by atoms with Gasteiger partial charge in [-0.15, -0.1) is 12.4 Å². The largest absolute Gasteiger partial charge is 0.486 e. The zero-order valence-electron chi connectivity index (χ0n) is 14.3. The van der Waals surface area contributed by atoms with Crippen LogP contribution in [0.5, 0.6) is 11.5 Å². The number of carbonyl (C=O) groups is 1. The van der Waals surface area contributed by atoms with Gasteiger partial charge in [0.2, 0.25) is 5.91 Å². The van der Waals surface area contributed by atoms with Gasteiger partial charge in [0.15, 0.2) is 26.1 Å². The van der Waals surface area contributed by atoms with Crippen molar-refractivity contribution < 1.29 is 22.7 Å². The molecular weight excluding hydrogens is 403 g/mol. The van der Waals surface area contributed by atoms with Gasteiger partial charge in [0, 0.05) is 12.8 Å². The number of hydrogen-bond acceptors (Lipinski definition) is 6. The highest BCUT2D eigenvalue weighted by Gasteiger charge is 2.48. The Morgan fingerprint density at radius 3 is 2.58 bits per heavy atom. The van der Waals surface area contributed by atoms with Gasteiger partial charge in [-0.25, -0.2) is 8.42 Å². The first kappa shape index (κ1) is 21.1. The van der Waals surface area contributed by atoms with Crippen molar-refractivity contribution in [1.29, 1.82) is 0 Å². The van der Waals surface area contributed by atoms with E-state index in [2.05, 4.69) is 10.6 Å². The molecule has 1 fully saturated rings. The number of carbonyl (C=O) groups excluding carboxylic acids is 1. The van der Waals surface area contributed by atoms with E-state index in [0.29, 0.717) is 42.8 Å². The molecule has 0 aromatic heterocycles. The summed E-state index contributed by atoms with van der Waals surface area (Å²) >= 11 is 6.19. The predicted molar refractivity (Wildman–Crippen MR) is 101 cm³/mol. The van der Waals surface area contributed by atoms with E-state index in [-0.39, 0.29) is 31.8 Å². The number of halogens is 2. The maximum Gasteiger partial charge on any atom is 0.241 e. The van der Waals surface area contributed by atoms with Crippen LogP contribution in [0.1, 0.15) is 18.4 Å². The van der Waals surface area contributed by atoms with Crippen LogP contribution in [0.2, 0.25) is 5.02 Å². The molecule has 0 radical (unpaired) electrons. The van der Waals surface area contributed by atoms with E-state index >= 15 is 0 Å². The standard InChI is InChI=1S/C16H21ClN2O5S.ClH/c1-25(21,22)16(2-4-18-5-3-16)15(20)19-10-11-8-12(17)14-13(9-11)23-6-7-24-14;/h8-9,18H,2-7,10H2,1H3,(H,19,20);1H. The monoisotopic (exact) mass is 424 g/mol. The van der Waals surface area contributed by atoms with Crippen LogP contribution in [0.15, 0.2) is 12.1 Å². The number of ether oxygens (including phenoxy) is 2. The minimum absolute atomic E-state index is 0. The molecule has 2 heterocycles. The third kappa shape index (κ3) is 4.03. The van der Waals surface area contributed by atoms with Crippen LogP contribution >= 0.6 is 24.0 Å². The van der Waals surface area contributed by atoms with Crippen LogP contribution in [0.25, 0.3) is 0 Å². The molecule has 0 atom stereocenters. The quantitative estimate of drug-likeness (QED) is 0.756. The summed E-state index contributed by atoms with van der Waals surface area (Å²) in [7, 11) is -3.54. The molecule has 2 aliphatic heterocycles. The number of benzene rings is 1. The first-order chi connectivity index (χ1) is 11.8. The minimum atomic E-state index is -3.54. The van der Waals surface area contributed by atoms with Crippen LogP contribution in [0.3, 0.4) is 0 Å². The van der Waals surface area contributed by atoms with Gasteiger partial charge in [0.05, 0.1) is 5.02 Å².